The van der Waals surface area contributed by atoms with Crippen LogP contribution >= 0.6 is 0 Å². The quantitative estimate of drug-likeness (QED) is 0.777. The highest BCUT2D eigenvalue weighted by Gasteiger charge is 2.31. The van der Waals surface area contributed by atoms with E-state index in [2.05, 4.69) is 54.3 Å². The number of hydrogen-bond acceptors (Lipinski definition) is 3. The van der Waals surface area contributed by atoms with Crippen molar-refractivity contribution in [2.75, 3.05) is 18.8 Å². The molecule has 25 heavy (non-hydrogen) atoms. The molecule has 3 unspecified atom stereocenters. The number of hydrogen-bond donors (Lipinski definition) is 2. The van der Waals surface area contributed by atoms with E-state index in [0.717, 1.165) is 25.2 Å². The molecule has 1 heterocycles. The number of nitrogen functional groups attached to an aromatic ring is 1. The van der Waals surface area contributed by atoms with Gasteiger partial charge in [0.1, 0.15) is 0 Å². The molecule has 134 valence electrons. The molecule has 2 aromatic carbocycles. The van der Waals surface area contributed by atoms with Crippen LogP contribution in [-0.2, 0) is 0 Å². The Bertz CT molecular complexity index is 638. The number of likely N-dealkylation sites (tertiary alicyclic amines) is 1. The standard InChI is InChI=1S/C22H31N3/c1-2-3-7-19-16-25(15-14-21(19)24)22(17-8-5-4-6-9-17)18-10-12-20(23)13-11-18/h4-6,8-13,19,21-22H,2-3,7,14-16,23-24H2,1H3. The van der Waals surface area contributed by atoms with Gasteiger partial charge in [-0.1, -0.05) is 62.2 Å². The maximum atomic E-state index is 6.44. The molecule has 1 fully saturated rings. The number of nitrogens with zero attached hydrogens (tertiary/aromatic N) is 1. The molecule has 0 bridgehead atoms. The molecule has 1 aliphatic heterocycles. The van der Waals surface area contributed by atoms with Gasteiger partial charge in [0.25, 0.3) is 0 Å². The number of benzene rings is 2. The van der Waals surface area contributed by atoms with Gasteiger partial charge in [-0.2, -0.15) is 0 Å². The van der Waals surface area contributed by atoms with Crippen LogP contribution in [0.1, 0.15) is 49.8 Å². The van der Waals surface area contributed by atoms with E-state index >= 15 is 0 Å². The van der Waals surface area contributed by atoms with Crippen LogP contribution in [0.4, 0.5) is 5.69 Å². The molecule has 0 aromatic heterocycles. The van der Waals surface area contributed by atoms with E-state index in [1.165, 1.54) is 30.4 Å². The molecule has 4 N–H and O–H groups in total. The Morgan fingerprint density at radius 1 is 1.04 bits per heavy atom. The highest BCUT2D eigenvalue weighted by molar-refractivity contribution is 5.42. The Labute approximate surface area is 152 Å². The van der Waals surface area contributed by atoms with E-state index in [-0.39, 0.29) is 6.04 Å². The Balaban J connectivity index is 1.87. The first-order valence-electron chi connectivity index (χ1n) is 9.59. The summed E-state index contributed by atoms with van der Waals surface area (Å²) in [5.74, 6) is 0.591. The number of unbranched alkanes of at least 4 members (excludes halogenated alkanes) is 1. The summed E-state index contributed by atoms with van der Waals surface area (Å²) in [5, 5.41) is 0. The summed E-state index contributed by atoms with van der Waals surface area (Å²) in [6.45, 7) is 4.38. The summed E-state index contributed by atoms with van der Waals surface area (Å²) in [5.41, 5.74) is 15.8. The second kappa shape index (κ2) is 8.50. The average molecular weight is 338 g/mol. The third-order valence-corrected chi connectivity index (χ3v) is 5.49. The second-order valence-corrected chi connectivity index (χ2v) is 7.33. The van der Waals surface area contributed by atoms with E-state index in [0.29, 0.717) is 12.0 Å². The molecule has 3 heteroatoms. The molecule has 0 saturated carbocycles. The fourth-order valence-electron chi connectivity index (χ4n) is 4.01. The molecule has 0 radical (unpaired) electrons. The molecule has 3 nitrogen and oxygen atoms in total. The first-order chi connectivity index (χ1) is 12.2. The predicted octanol–water partition coefficient (Wildman–Crippen LogP) is 4.20. The zero-order chi connectivity index (χ0) is 17.6. The van der Waals surface area contributed by atoms with Crippen molar-refractivity contribution in [3.8, 4) is 0 Å². The van der Waals surface area contributed by atoms with Crippen LogP contribution in [0, 0.1) is 5.92 Å². The van der Waals surface area contributed by atoms with Crippen molar-refractivity contribution < 1.29 is 0 Å². The molecule has 3 rings (SSSR count). The van der Waals surface area contributed by atoms with Crippen molar-refractivity contribution in [3.05, 3.63) is 65.7 Å². The van der Waals surface area contributed by atoms with Gasteiger partial charge in [-0.3, -0.25) is 4.90 Å². The molecule has 0 aliphatic carbocycles. The minimum Gasteiger partial charge on any atom is -0.399 e. The van der Waals surface area contributed by atoms with Crippen molar-refractivity contribution in [1.82, 2.24) is 4.90 Å². The van der Waals surface area contributed by atoms with Gasteiger partial charge in [-0.25, -0.2) is 0 Å². The van der Waals surface area contributed by atoms with Gasteiger partial charge in [0.15, 0.2) is 0 Å². The van der Waals surface area contributed by atoms with E-state index in [4.69, 9.17) is 11.5 Å². The topological polar surface area (TPSA) is 55.3 Å². The first-order valence-corrected chi connectivity index (χ1v) is 9.59. The fourth-order valence-corrected chi connectivity index (χ4v) is 4.01. The molecule has 0 amide bonds. The molecule has 2 aromatic rings. The third-order valence-electron chi connectivity index (χ3n) is 5.49. The van der Waals surface area contributed by atoms with Crippen molar-refractivity contribution in [1.29, 1.82) is 0 Å². The maximum Gasteiger partial charge on any atom is 0.0601 e. The Morgan fingerprint density at radius 2 is 1.72 bits per heavy atom. The molecule has 1 saturated heterocycles. The van der Waals surface area contributed by atoms with Crippen LogP contribution in [0.2, 0.25) is 0 Å². The lowest BCUT2D eigenvalue weighted by atomic mass is 9.86. The van der Waals surface area contributed by atoms with Crippen molar-refractivity contribution in [3.63, 3.8) is 0 Å². The number of nitrogens with two attached hydrogens (primary N) is 2. The maximum absolute atomic E-state index is 6.44. The van der Waals surface area contributed by atoms with Crippen LogP contribution in [0.15, 0.2) is 54.6 Å². The van der Waals surface area contributed by atoms with E-state index in [1.807, 2.05) is 12.1 Å². The smallest absolute Gasteiger partial charge is 0.0601 e. The van der Waals surface area contributed by atoms with Crippen LogP contribution in [0.3, 0.4) is 0 Å². The molecule has 3 atom stereocenters. The van der Waals surface area contributed by atoms with E-state index in [9.17, 15) is 0 Å². The minimum absolute atomic E-state index is 0.276. The number of piperidine rings is 1. The van der Waals surface area contributed by atoms with Crippen molar-refractivity contribution >= 4 is 5.69 Å². The predicted molar refractivity (Wildman–Crippen MR) is 106 cm³/mol. The van der Waals surface area contributed by atoms with Gasteiger partial charge < -0.3 is 11.5 Å². The Hall–Kier alpha value is -1.84. The average Bonchev–Trinajstić information content (AvgIpc) is 2.64. The van der Waals surface area contributed by atoms with Gasteiger partial charge in [0, 0.05) is 24.8 Å². The van der Waals surface area contributed by atoms with Gasteiger partial charge >= 0.3 is 0 Å². The van der Waals surface area contributed by atoms with E-state index < -0.39 is 0 Å². The van der Waals surface area contributed by atoms with Crippen LogP contribution in [0.5, 0.6) is 0 Å². The highest BCUT2D eigenvalue weighted by Crippen LogP contribution is 2.33. The molecular weight excluding hydrogens is 306 g/mol. The van der Waals surface area contributed by atoms with Gasteiger partial charge in [0.05, 0.1) is 6.04 Å². The zero-order valence-corrected chi connectivity index (χ0v) is 15.3. The van der Waals surface area contributed by atoms with Gasteiger partial charge in [-0.15, -0.1) is 0 Å². The lowest BCUT2D eigenvalue weighted by Gasteiger charge is -2.41. The first kappa shape index (κ1) is 18.0. The lowest BCUT2D eigenvalue weighted by Crippen LogP contribution is -2.48. The number of rotatable bonds is 6. The van der Waals surface area contributed by atoms with Gasteiger partial charge in [0.2, 0.25) is 0 Å². The molecular formula is C22H31N3. The third kappa shape index (κ3) is 4.42. The number of anilines is 1. The largest absolute Gasteiger partial charge is 0.399 e. The molecule has 1 aliphatic rings. The Morgan fingerprint density at radius 3 is 2.40 bits per heavy atom. The van der Waals surface area contributed by atoms with Crippen LogP contribution in [-0.4, -0.2) is 24.0 Å². The molecule has 0 spiro atoms. The van der Waals surface area contributed by atoms with Crippen LogP contribution < -0.4 is 11.5 Å². The van der Waals surface area contributed by atoms with Gasteiger partial charge in [-0.05, 0) is 42.0 Å². The zero-order valence-electron chi connectivity index (χ0n) is 15.3. The summed E-state index contributed by atoms with van der Waals surface area (Å²) in [6, 6.07) is 19.8. The summed E-state index contributed by atoms with van der Waals surface area (Å²) in [7, 11) is 0. The van der Waals surface area contributed by atoms with Crippen molar-refractivity contribution in [2.45, 2.75) is 44.7 Å². The minimum atomic E-state index is 0.276. The van der Waals surface area contributed by atoms with Crippen LogP contribution in [0.25, 0.3) is 0 Å². The monoisotopic (exact) mass is 337 g/mol. The summed E-state index contributed by atoms with van der Waals surface area (Å²) in [4.78, 5) is 2.62. The Kier molecular flexibility index (Phi) is 6.11. The second-order valence-electron chi connectivity index (χ2n) is 7.33. The summed E-state index contributed by atoms with van der Waals surface area (Å²) < 4.78 is 0. The van der Waals surface area contributed by atoms with E-state index in [1.54, 1.807) is 0 Å². The van der Waals surface area contributed by atoms with Crippen molar-refractivity contribution in [2.24, 2.45) is 11.7 Å². The highest BCUT2D eigenvalue weighted by atomic mass is 15.2. The SMILES string of the molecule is CCCCC1CN(C(c2ccccc2)c2ccc(N)cc2)CCC1N. The summed E-state index contributed by atoms with van der Waals surface area (Å²) in [6.07, 6.45) is 4.82. The normalized spacial score (nSPS) is 22.6. The summed E-state index contributed by atoms with van der Waals surface area (Å²) >= 11 is 0. The fraction of sp³-hybridized carbons (Fsp3) is 0.455. The lowest BCUT2D eigenvalue weighted by molar-refractivity contribution is 0.119.